The first kappa shape index (κ1) is 12.4. The average molecular weight is 240 g/mol. The molecule has 0 bridgehead atoms. The van der Waals surface area contributed by atoms with E-state index in [1.807, 2.05) is 4.90 Å². The maximum atomic E-state index is 11.5. The molecule has 2 fully saturated rings. The Balaban J connectivity index is 1.75. The van der Waals surface area contributed by atoms with Crippen LogP contribution in [0, 0.1) is 0 Å². The summed E-state index contributed by atoms with van der Waals surface area (Å²) in [4.78, 5) is 24.5. The number of nitrogens with zero attached hydrogens (tertiary/aromatic N) is 1. The number of carboxylic acid groups (broad SMARTS) is 1. The molecule has 2 N–H and O–H groups in total. The van der Waals surface area contributed by atoms with Crippen molar-refractivity contribution in [1.29, 1.82) is 0 Å². The highest BCUT2D eigenvalue weighted by Gasteiger charge is 2.29. The van der Waals surface area contributed by atoms with Gasteiger partial charge in [0.15, 0.2) is 0 Å². The van der Waals surface area contributed by atoms with Gasteiger partial charge in [0.05, 0.1) is 0 Å². The molecule has 5 nitrogen and oxygen atoms in total. The predicted molar refractivity (Wildman–Crippen MR) is 62.6 cm³/mol. The second-order valence-corrected chi connectivity index (χ2v) is 4.98. The number of carbonyl (C=O) groups excluding carboxylic acids is 1. The van der Waals surface area contributed by atoms with Gasteiger partial charge < -0.3 is 10.4 Å². The molecule has 0 radical (unpaired) electrons. The van der Waals surface area contributed by atoms with Crippen LogP contribution in [0.1, 0.15) is 38.5 Å². The van der Waals surface area contributed by atoms with Crippen molar-refractivity contribution in [3.05, 3.63) is 0 Å². The van der Waals surface area contributed by atoms with Crippen molar-refractivity contribution in [3.63, 3.8) is 0 Å². The van der Waals surface area contributed by atoms with E-state index in [9.17, 15) is 9.59 Å². The minimum Gasteiger partial charge on any atom is -0.480 e. The molecule has 1 saturated carbocycles. The second kappa shape index (κ2) is 5.49. The largest absolute Gasteiger partial charge is 0.480 e. The van der Waals surface area contributed by atoms with Crippen molar-refractivity contribution in [2.24, 2.45) is 0 Å². The van der Waals surface area contributed by atoms with E-state index in [1.165, 1.54) is 0 Å². The van der Waals surface area contributed by atoms with E-state index in [-0.39, 0.29) is 5.91 Å². The number of carboxylic acids is 1. The molecule has 17 heavy (non-hydrogen) atoms. The summed E-state index contributed by atoms with van der Waals surface area (Å²) in [5.74, 6) is -0.700. The van der Waals surface area contributed by atoms with E-state index in [2.05, 4.69) is 5.32 Å². The number of piperidine rings is 1. The minimum absolute atomic E-state index is 0.0576. The summed E-state index contributed by atoms with van der Waals surface area (Å²) >= 11 is 0. The number of hydrogen-bond donors (Lipinski definition) is 2. The van der Waals surface area contributed by atoms with Gasteiger partial charge in [0, 0.05) is 19.0 Å². The van der Waals surface area contributed by atoms with Crippen molar-refractivity contribution < 1.29 is 14.7 Å². The molecule has 1 aliphatic heterocycles. The standard InChI is InChI=1S/C12H20N2O3/c15-11(13-9-4-5-9)6-8-14-7-2-1-3-10(14)12(16)17/h9-10H,1-8H2,(H,13,15)(H,16,17). The van der Waals surface area contributed by atoms with Gasteiger partial charge in [0.25, 0.3) is 0 Å². The smallest absolute Gasteiger partial charge is 0.320 e. The van der Waals surface area contributed by atoms with Gasteiger partial charge in [0.1, 0.15) is 6.04 Å². The van der Waals surface area contributed by atoms with Crippen molar-refractivity contribution in [3.8, 4) is 0 Å². The fraction of sp³-hybridized carbons (Fsp3) is 0.833. The van der Waals surface area contributed by atoms with Crippen LogP contribution in [-0.4, -0.2) is 47.1 Å². The molecule has 2 rings (SSSR count). The second-order valence-electron chi connectivity index (χ2n) is 4.98. The third-order valence-electron chi connectivity index (χ3n) is 3.47. The van der Waals surface area contributed by atoms with Crippen LogP contribution in [0.15, 0.2) is 0 Å². The number of rotatable bonds is 5. The van der Waals surface area contributed by atoms with Crippen LogP contribution in [-0.2, 0) is 9.59 Å². The first-order valence-electron chi connectivity index (χ1n) is 6.43. The van der Waals surface area contributed by atoms with Gasteiger partial charge in [-0.2, -0.15) is 0 Å². The number of amides is 1. The Morgan fingerprint density at radius 1 is 1.24 bits per heavy atom. The molecule has 1 heterocycles. The van der Waals surface area contributed by atoms with Gasteiger partial charge >= 0.3 is 5.97 Å². The molecule has 5 heteroatoms. The zero-order chi connectivity index (χ0) is 12.3. The van der Waals surface area contributed by atoms with E-state index >= 15 is 0 Å². The summed E-state index contributed by atoms with van der Waals surface area (Å²) < 4.78 is 0. The Hall–Kier alpha value is -1.10. The lowest BCUT2D eigenvalue weighted by Crippen LogP contribution is -2.46. The molecule has 1 saturated heterocycles. The van der Waals surface area contributed by atoms with Crippen molar-refractivity contribution in [2.45, 2.75) is 50.6 Å². The Bertz CT molecular complexity index is 302. The topological polar surface area (TPSA) is 69.6 Å². The molecule has 0 spiro atoms. The fourth-order valence-electron chi connectivity index (χ4n) is 2.31. The van der Waals surface area contributed by atoms with Crippen molar-refractivity contribution in [2.75, 3.05) is 13.1 Å². The first-order valence-corrected chi connectivity index (χ1v) is 6.43. The number of nitrogens with one attached hydrogen (secondary N) is 1. The summed E-state index contributed by atoms with van der Waals surface area (Å²) in [6.07, 6.45) is 5.32. The van der Waals surface area contributed by atoms with Gasteiger partial charge in [-0.25, -0.2) is 0 Å². The van der Waals surface area contributed by atoms with Crippen LogP contribution in [0.5, 0.6) is 0 Å². The number of aliphatic carboxylic acids is 1. The van der Waals surface area contributed by atoms with Gasteiger partial charge in [-0.15, -0.1) is 0 Å². The van der Waals surface area contributed by atoms with Gasteiger partial charge in [-0.05, 0) is 32.2 Å². The first-order chi connectivity index (χ1) is 8.16. The minimum atomic E-state index is -0.757. The van der Waals surface area contributed by atoms with Gasteiger partial charge in [-0.1, -0.05) is 6.42 Å². The molecule has 0 aromatic carbocycles. The molecule has 1 atom stereocenters. The van der Waals surface area contributed by atoms with Crippen LogP contribution in [0.3, 0.4) is 0 Å². The van der Waals surface area contributed by atoms with Crippen LogP contribution < -0.4 is 5.32 Å². The molecule has 1 aliphatic carbocycles. The Morgan fingerprint density at radius 3 is 2.65 bits per heavy atom. The normalized spacial score (nSPS) is 25.5. The van der Waals surface area contributed by atoms with Gasteiger partial charge in [0.2, 0.25) is 5.91 Å². The maximum absolute atomic E-state index is 11.5. The summed E-state index contributed by atoms with van der Waals surface area (Å²) in [5, 5.41) is 12.0. The van der Waals surface area contributed by atoms with Crippen LogP contribution in [0.2, 0.25) is 0 Å². The van der Waals surface area contributed by atoms with E-state index in [1.54, 1.807) is 0 Å². The quantitative estimate of drug-likeness (QED) is 0.738. The van der Waals surface area contributed by atoms with E-state index < -0.39 is 12.0 Å². The summed E-state index contributed by atoms with van der Waals surface area (Å²) in [6.45, 7) is 1.36. The Kier molecular flexibility index (Phi) is 3.99. The van der Waals surface area contributed by atoms with Crippen LogP contribution >= 0.6 is 0 Å². The number of carbonyl (C=O) groups is 2. The lowest BCUT2D eigenvalue weighted by Gasteiger charge is -2.32. The maximum Gasteiger partial charge on any atom is 0.320 e. The SMILES string of the molecule is O=C(CCN1CCCCC1C(=O)O)NC1CC1. The zero-order valence-electron chi connectivity index (χ0n) is 10.0. The number of likely N-dealkylation sites (tertiary alicyclic amines) is 1. The Morgan fingerprint density at radius 2 is 2.00 bits per heavy atom. The lowest BCUT2D eigenvalue weighted by atomic mass is 10.0. The van der Waals surface area contributed by atoms with Crippen molar-refractivity contribution >= 4 is 11.9 Å². The third-order valence-corrected chi connectivity index (χ3v) is 3.47. The number of hydrogen-bond acceptors (Lipinski definition) is 3. The van der Waals surface area contributed by atoms with E-state index in [0.717, 1.165) is 32.2 Å². The molecular formula is C12H20N2O3. The van der Waals surface area contributed by atoms with E-state index in [0.29, 0.717) is 25.4 Å². The fourth-order valence-corrected chi connectivity index (χ4v) is 2.31. The molecule has 96 valence electrons. The van der Waals surface area contributed by atoms with Crippen LogP contribution in [0.4, 0.5) is 0 Å². The molecule has 1 unspecified atom stereocenters. The third kappa shape index (κ3) is 3.70. The highest BCUT2D eigenvalue weighted by molar-refractivity contribution is 5.77. The summed E-state index contributed by atoms with van der Waals surface area (Å²) in [5.41, 5.74) is 0. The van der Waals surface area contributed by atoms with E-state index in [4.69, 9.17) is 5.11 Å². The molecule has 2 aliphatic rings. The highest BCUT2D eigenvalue weighted by atomic mass is 16.4. The highest BCUT2D eigenvalue weighted by Crippen LogP contribution is 2.19. The molecule has 0 aromatic heterocycles. The zero-order valence-corrected chi connectivity index (χ0v) is 10.0. The molecule has 0 aromatic rings. The predicted octanol–water partition coefficient (Wildman–Crippen LogP) is 0.594. The monoisotopic (exact) mass is 240 g/mol. The Labute approximate surface area is 101 Å². The lowest BCUT2D eigenvalue weighted by molar-refractivity contribution is -0.145. The average Bonchev–Trinajstić information content (AvgIpc) is 3.10. The van der Waals surface area contributed by atoms with Crippen LogP contribution in [0.25, 0.3) is 0 Å². The summed E-state index contributed by atoms with van der Waals surface area (Å²) in [7, 11) is 0. The van der Waals surface area contributed by atoms with Gasteiger partial charge in [-0.3, -0.25) is 14.5 Å². The summed E-state index contributed by atoms with van der Waals surface area (Å²) in [6, 6.07) is -0.00315. The molecule has 1 amide bonds. The molecular weight excluding hydrogens is 220 g/mol. The van der Waals surface area contributed by atoms with Crippen molar-refractivity contribution in [1.82, 2.24) is 10.2 Å².